The Morgan fingerprint density at radius 1 is 1.00 bits per heavy atom. The maximum Gasteiger partial charge on any atom is 0.348 e. The van der Waals surface area contributed by atoms with E-state index in [1.165, 1.54) is 4.90 Å². The van der Waals surface area contributed by atoms with E-state index in [2.05, 4.69) is 11.9 Å². The van der Waals surface area contributed by atoms with Crippen molar-refractivity contribution in [3.63, 3.8) is 0 Å². The normalized spacial score (nSPS) is 10.8. The molecule has 0 atom stereocenters. The molecule has 26 heavy (non-hydrogen) atoms. The number of nitrogens with zero attached hydrogens (tertiary/aromatic N) is 2. The monoisotopic (exact) mass is 350 g/mol. The third-order valence-corrected chi connectivity index (χ3v) is 4.22. The fourth-order valence-corrected chi connectivity index (χ4v) is 2.86. The molecule has 0 spiro atoms. The van der Waals surface area contributed by atoms with Gasteiger partial charge in [0.15, 0.2) is 0 Å². The summed E-state index contributed by atoms with van der Waals surface area (Å²) >= 11 is 0. The Bertz CT molecular complexity index is 935. The molecular weight excluding hydrogens is 328 g/mol. The lowest BCUT2D eigenvalue weighted by atomic mass is 10.1. The van der Waals surface area contributed by atoms with Crippen LogP contribution in [0.25, 0.3) is 10.9 Å². The smallest absolute Gasteiger partial charge is 0.348 e. The van der Waals surface area contributed by atoms with Crippen LogP contribution < -0.4 is 10.5 Å². The third kappa shape index (κ3) is 3.99. The number of benzene rings is 2. The fourth-order valence-electron chi connectivity index (χ4n) is 2.86. The summed E-state index contributed by atoms with van der Waals surface area (Å²) in [5.41, 5.74) is 0.655. The van der Waals surface area contributed by atoms with Crippen molar-refractivity contribution >= 4 is 28.5 Å². The van der Waals surface area contributed by atoms with Crippen molar-refractivity contribution < 1.29 is 9.21 Å². The Morgan fingerprint density at radius 2 is 1.73 bits per heavy atom. The third-order valence-electron chi connectivity index (χ3n) is 4.22. The van der Waals surface area contributed by atoms with Crippen molar-refractivity contribution in [2.45, 2.75) is 39.0 Å². The number of hydrogen-bond acceptors (Lipinski definition) is 4. The van der Waals surface area contributed by atoms with Gasteiger partial charge in [-0.3, -0.25) is 4.79 Å². The van der Waals surface area contributed by atoms with Crippen molar-refractivity contribution in [1.82, 2.24) is 4.98 Å². The van der Waals surface area contributed by atoms with Crippen LogP contribution in [-0.4, -0.2) is 10.9 Å². The summed E-state index contributed by atoms with van der Waals surface area (Å²) in [5.74, 6) is -0.127. The Kier molecular flexibility index (Phi) is 5.79. The zero-order valence-corrected chi connectivity index (χ0v) is 14.9. The first kappa shape index (κ1) is 17.9. The number of fused-ring (bicyclic) bond motifs is 1. The van der Waals surface area contributed by atoms with Gasteiger partial charge < -0.3 is 4.42 Å². The van der Waals surface area contributed by atoms with E-state index in [9.17, 15) is 9.59 Å². The quantitative estimate of drug-likeness (QED) is 0.573. The van der Waals surface area contributed by atoms with E-state index in [1.54, 1.807) is 36.4 Å². The maximum atomic E-state index is 12.9. The number of unbranched alkanes of at least 4 members (excludes halogenated alkanes) is 3. The van der Waals surface area contributed by atoms with Gasteiger partial charge in [-0.15, -0.1) is 0 Å². The average molecular weight is 350 g/mol. The highest BCUT2D eigenvalue weighted by Gasteiger charge is 2.22. The van der Waals surface area contributed by atoms with Crippen LogP contribution in [0.1, 0.15) is 39.0 Å². The second-order valence-electron chi connectivity index (χ2n) is 6.18. The minimum atomic E-state index is -0.495. The molecule has 0 saturated carbocycles. The van der Waals surface area contributed by atoms with Gasteiger partial charge in [-0.2, -0.15) is 4.98 Å². The van der Waals surface area contributed by atoms with Gasteiger partial charge in [-0.05, 0) is 30.7 Å². The Balaban J connectivity index is 1.98. The van der Waals surface area contributed by atoms with Gasteiger partial charge in [0.25, 0.3) is 0 Å². The van der Waals surface area contributed by atoms with E-state index in [0.29, 0.717) is 23.0 Å². The molecule has 2 aromatic carbocycles. The highest BCUT2D eigenvalue weighted by Crippen LogP contribution is 2.25. The summed E-state index contributed by atoms with van der Waals surface area (Å²) in [6.07, 6.45) is 4.39. The number of aromatic nitrogens is 1. The van der Waals surface area contributed by atoms with Crippen LogP contribution in [0.5, 0.6) is 0 Å². The second kappa shape index (κ2) is 8.43. The molecular formula is C21H22N2O3. The van der Waals surface area contributed by atoms with E-state index in [0.717, 1.165) is 25.7 Å². The molecule has 0 bridgehead atoms. The lowest BCUT2D eigenvalue weighted by Crippen LogP contribution is -2.27. The lowest BCUT2D eigenvalue weighted by molar-refractivity contribution is -0.118. The molecule has 1 heterocycles. The van der Waals surface area contributed by atoms with E-state index in [-0.39, 0.29) is 11.9 Å². The Labute approximate surface area is 152 Å². The highest BCUT2D eigenvalue weighted by molar-refractivity contribution is 5.99. The lowest BCUT2D eigenvalue weighted by Gasteiger charge is -2.20. The zero-order valence-electron chi connectivity index (χ0n) is 14.9. The standard InChI is InChI=1S/C21H22N2O3/c1-2-3-4-8-15-19(24)23(16-11-6-5-7-12-16)21-22-18-14-10-9-13-17(18)20(25)26-21/h5-7,9-14H,2-4,8,15H2,1H3. The minimum Gasteiger partial charge on any atom is -0.388 e. The van der Waals surface area contributed by atoms with E-state index < -0.39 is 5.63 Å². The number of anilines is 2. The number of carbonyl (C=O) groups is 1. The van der Waals surface area contributed by atoms with Crippen LogP contribution in [0, 0.1) is 0 Å². The average Bonchev–Trinajstić information content (AvgIpc) is 2.66. The fraction of sp³-hybridized carbons (Fsp3) is 0.286. The molecule has 3 rings (SSSR count). The highest BCUT2D eigenvalue weighted by atomic mass is 16.4. The molecule has 3 aromatic rings. The predicted octanol–water partition coefficient (Wildman–Crippen LogP) is 4.82. The number of amides is 1. The Hall–Kier alpha value is -2.95. The van der Waals surface area contributed by atoms with E-state index >= 15 is 0 Å². The summed E-state index contributed by atoms with van der Waals surface area (Å²) in [4.78, 5) is 31.0. The SMILES string of the molecule is CCCCCCC(=O)N(c1ccccc1)c1nc2ccccc2c(=O)o1. The minimum absolute atomic E-state index is 0.0143. The first-order valence-corrected chi connectivity index (χ1v) is 8.98. The van der Waals surface area contributed by atoms with Gasteiger partial charge in [-0.1, -0.05) is 56.5 Å². The molecule has 0 saturated heterocycles. The van der Waals surface area contributed by atoms with Crippen molar-refractivity contribution in [3.8, 4) is 0 Å². The van der Waals surface area contributed by atoms with Gasteiger partial charge in [0.05, 0.1) is 16.6 Å². The summed E-state index contributed by atoms with van der Waals surface area (Å²) < 4.78 is 5.39. The molecule has 5 nitrogen and oxygen atoms in total. The topological polar surface area (TPSA) is 63.4 Å². The molecule has 5 heteroatoms. The molecule has 0 aliphatic carbocycles. The van der Waals surface area contributed by atoms with E-state index in [1.807, 2.05) is 18.2 Å². The van der Waals surface area contributed by atoms with Crippen LogP contribution in [0.4, 0.5) is 11.7 Å². The molecule has 134 valence electrons. The first-order valence-electron chi connectivity index (χ1n) is 8.98. The van der Waals surface area contributed by atoms with Crippen molar-refractivity contribution in [1.29, 1.82) is 0 Å². The van der Waals surface area contributed by atoms with Gasteiger partial charge in [0.2, 0.25) is 5.91 Å². The molecule has 0 aliphatic rings. The molecule has 0 aliphatic heterocycles. The van der Waals surface area contributed by atoms with E-state index in [4.69, 9.17) is 4.42 Å². The summed E-state index contributed by atoms with van der Waals surface area (Å²) in [6.45, 7) is 2.13. The summed E-state index contributed by atoms with van der Waals surface area (Å²) in [6, 6.07) is 16.1. The molecule has 0 unspecified atom stereocenters. The van der Waals surface area contributed by atoms with Gasteiger partial charge >= 0.3 is 11.6 Å². The zero-order chi connectivity index (χ0) is 18.4. The maximum absolute atomic E-state index is 12.9. The van der Waals surface area contributed by atoms with Gasteiger partial charge in [0, 0.05) is 6.42 Å². The number of hydrogen-bond donors (Lipinski definition) is 0. The largest absolute Gasteiger partial charge is 0.388 e. The van der Waals surface area contributed by atoms with Crippen molar-refractivity contribution in [2.24, 2.45) is 0 Å². The Morgan fingerprint density at radius 3 is 2.50 bits per heavy atom. The number of para-hydroxylation sites is 2. The molecule has 0 N–H and O–H groups in total. The predicted molar refractivity (Wildman–Crippen MR) is 103 cm³/mol. The van der Waals surface area contributed by atoms with Crippen LogP contribution in [-0.2, 0) is 4.79 Å². The van der Waals surface area contributed by atoms with Crippen LogP contribution in [0.15, 0.2) is 63.8 Å². The van der Waals surface area contributed by atoms with Crippen LogP contribution in [0.3, 0.4) is 0 Å². The first-order chi connectivity index (χ1) is 12.7. The molecule has 0 fully saturated rings. The summed E-state index contributed by atoms with van der Waals surface area (Å²) in [5, 5.41) is 0.402. The van der Waals surface area contributed by atoms with Crippen molar-refractivity contribution in [3.05, 3.63) is 65.0 Å². The van der Waals surface area contributed by atoms with Crippen molar-refractivity contribution in [2.75, 3.05) is 4.90 Å². The number of rotatable bonds is 7. The molecule has 1 amide bonds. The van der Waals surface area contributed by atoms with Crippen LogP contribution >= 0.6 is 0 Å². The second-order valence-corrected chi connectivity index (χ2v) is 6.18. The van der Waals surface area contributed by atoms with Gasteiger partial charge in [-0.25, -0.2) is 9.69 Å². The molecule has 1 aromatic heterocycles. The number of carbonyl (C=O) groups excluding carboxylic acids is 1. The van der Waals surface area contributed by atoms with Crippen LogP contribution in [0.2, 0.25) is 0 Å². The summed E-state index contributed by atoms with van der Waals surface area (Å²) in [7, 11) is 0. The molecule has 0 radical (unpaired) electrons. The van der Waals surface area contributed by atoms with Gasteiger partial charge in [0.1, 0.15) is 0 Å².